The van der Waals surface area contributed by atoms with Crippen molar-refractivity contribution in [3.8, 4) is 12.3 Å². The van der Waals surface area contributed by atoms with Crippen LogP contribution in [-0.4, -0.2) is 35.8 Å². The first-order chi connectivity index (χ1) is 9.72. The van der Waals surface area contributed by atoms with E-state index in [1.54, 1.807) is 4.90 Å². The summed E-state index contributed by atoms with van der Waals surface area (Å²) in [5, 5.41) is 2.65. The highest BCUT2D eigenvalue weighted by molar-refractivity contribution is 5.89. The molecule has 1 heterocycles. The van der Waals surface area contributed by atoms with Gasteiger partial charge in [-0.25, -0.2) is 0 Å². The van der Waals surface area contributed by atoms with Crippen LogP contribution in [0.2, 0.25) is 0 Å². The maximum absolute atomic E-state index is 12.3. The fraction of sp³-hybridized carbons (Fsp3) is 0.375. The minimum Gasteiger partial charge on any atom is -0.343 e. The largest absolute Gasteiger partial charge is 0.343 e. The summed E-state index contributed by atoms with van der Waals surface area (Å²) in [7, 11) is 0. The second-order valence-corrected chi connectivity index (χ2v) is 4.83. The van der Waals surface area contributed by atoms with Crippen molar-refractivity contribution >= 4 is 11.8 Å². The second-order valence-electron chi connectivity index (χ2n) is 4.83. The van der Waals surface area contributed by atoms with Crippen LogP contribution in [-0.2, 0) is 16.0 Å². The standard InChI is InChI=1S/C16H18N2O2/c1-2-10-17-16(20)14-9-6-11-18(14)15(19)12-13-7-4-3-5-8-13/h1,3-5,7-8,14H,6,9-12H2,(H,17,20). The number of hydrogen-bond donors (Lipinski definition) is 1. The Kier molecular flexibility index (Phi) is 4.78. The quantitative estimate of drug-likeness (QED) is 0.829. The Bertz CT molecular complexity index is 519. The summed E-state index contributed by atoms with van der Waals surface area (Å²) in [4.78, 5) is 25.9. The summed E-state index contributed by atoms with van der Waals surface area (Å²) >= 11 is 0. The molecule has 2 amide bonds. The number of carbonyl (C=O) groups excluding carboxylic acids is 2. The van der Waals surface area contributed by atoms with E-state index in [0.29, 0.717) is 19.4 Å². The molecule has 104 valence electrons. The zero-order valence-corrected chi connectivity index (χ0v) is 11.3. The van der Waals surface area contributed by atoms with Gasteiger partial charge in [0, 0.05) is 6.54 Å². The number of rotatable bonds is 4. The van der Waals surface area contributed by atoms with E-state index in [-0.39, 0.29) is 24.4 Å². The van der Waals surface area contributed by atoms with E-state index >= 15 is 0 Å². The van der Waals surface area contributed by atoms with Gasteiger partial charge in [-0.05, 0) is 18.4 Å². The topological polar surface area (TPSA) is 49.4 Å². The minimum absolute atomic E-state index is 0.00504. The molecule has 1 N–H and O–H groups in total. The van der Waals surface area contributed by atoms with Gasteiger partial charge in [-0.3, -0.25) is 9.59 Å². The molecule has 4 heteroatoms. The predicted molar refractivity (Wildman–Crippen MR) is 76.7 cm³/mol. The Morgan fingerprint density at radius 2 is 2.10 bits per heavy atom. The zero-order valence-electron chi connectivity index (χ0n) is 11.3. The van der Waals surface area contributed by atoms with E-state index < -0.39 is 0 Å². The monoisotopic (exact) mass is 270 g/mol. The number of likely N-dealkylation sites (tertiary alicyclic amines) is 1. The molecule has 1 fully saturated rings. The van der Waals surface area contributed by atoms with Gasteiger partial charge in [0.25, 0.3) is 0 Å². The summed E-state index contributed by atoms with van der Waals surface area (Å²) in [6.07, 6.45) is 7.02. The van der Waals surface area contributed by atoms with Gasteiger partial charge < -0.3 is 10.2 Å². The molecular formula is C16H18N2O2. The molecule has 0 radical (unpaired) electrons. The van der Waals surface area contributed by atoms with Crippen LogP contribution in [0.15, 0.2) is 30.3 Å². The predicted octanol–water partition coefficient (Wildman–Crippen LogP) is 0.969. The molecule has 0 saturated carbocycles. The van der Waals surface area contributed by atoms with Crippen molar-refractivity contribution in [2.24, 2.45) is 0 Å². The zero-order chi connectivity index (χ0) is 14.4. The summed E-state index contributed by atoms with van der Waals surface area (Å²) in [5.74, 6) is 2.21. The molecule has 0 spiro atoms. The summed E-state index contributed by atoms with van der Waals surface area (Å²) in [5.41, 5.74) is 0.965. The van der Waals surface area contributed by atoms with E-state index in [1.807, 2.05) is 30.3 Å². The molecule has 0 aromatic heterocycles. The first-order valence-electron chi connectivity index (χ1n) is 6.77. The molecule has 1 unspecified atom stereocenters. The summed E-state index contributed by atoms with van der Waals surface area (Å²) in [6.45, 7) is 0.843. The van der Waals surface area contributed by atoms with E-state index in [4.69, 9.17) is 6.42 Å². The van der Waals surface area contributed by atoms with Gasteiger partial charge in [0.2, 0.25) is 11.8 Å². The average Bonchev–Trinajstić information content (AvgIpc) is 2.95. The van der Waals surface area contributed by atoms with Crippen molar-refractivity contribution in [1.29, 1.82) is 0 Å². The number of nitrogens with one attached hydrogen (secondary N) is 1. The maximum Gasteiger partial charge on any atom is 0.243 e. The number of benzene rings is 1. The minimum atomic E-state index is -0.375. The molecular weight excluding hydrogens is 252 g/mol. The van der Waals surface area contributed by atoms with Crippen molar-refractivity contribution in [3.05, 3.63) is 35.9 Å². The molecule has 1 aromatic carbocycles. The van der Waals surface area contributed by atoms with Crippen LogP contribution in [0.25, 0.3) is 0 Å². The molecule has 1 aliphatic rings. The van der Waals surface area contributed by atoms with Gasteiger partial charge in [0.15, 0.2) is 0 Å². The second kappa shape index (κ2) is 6.76. The van der Waals surface area contributed by atoms with Crippen LogP contribution < -0.4 is 5.32 Å². The summed E-state index contributed by atoms with van der Waals surface area (Å²) < 4.78 is 0. The third kappa shape index (κ3) is 3.39. The van der Waals surface area contributed by atoms with E-state index in [9.17, 15) is 9.59 Å². The van der Waals surface area contributed by atoms with Crippen molar-refractivity contribution in [3.63, 3.8) is 0 Å². The number of carbonyl (C=O) groups is 2. The Balaban J connectivity index is 1.98. The van der Waals surface area contributed by atoms with Gasteiger partial charge in [-0.15, -0.1) is 6.42 Å². The Labute approximate surface area is 119 Å². The van der Waals surface area contributed by atoms with Crippen LogP contribution in [0.5, 0.6) is 0 Å². The van der Waals surface area contributed by atoms with Gasteiger partial charge in [0.05, 0.1) is 13.0 Å². The van der Waals surface area contributed by atoms with Gasteiger partial charge in [-0.2, -0.15) is 0 Å². The smallest absolute Gasteiger partial charge is 0.243 e. The third-order valence-electron chi connectivity index (χ3n) is 3.44. The summed E-state index contributed by atoms with van der Waals surface area (Å²) in [6, 6.07) is 9.19. The van der Waals surface area contributed by atoms with Gasteiger partial charge in [-0.1, -0.05) is 36.3 Å². The third-order valence-corrected chi connectivity index (χ3v) is 3.44. The molecule has 1 atom stereocenters. The molecule has 2 rings (SSSR count). The van der Waals surface area contributed by atoms with Crippen LogP contribution in [0.4, 0.5) is 0 Å². The number of nitrogens with zero attached hydrogens (tertiary/aromatic N) is 1. The lowest BCUT2D eigenvalue weighted by molar-refractivity contribution is -0.137. The molecule has 0 aliphatic carbocycles. The molecule has 1 aliphatic heterocycles. The fourth-order valence-electron chi connectivity index (χ4n) is 2.47. The highest BCUT2D eigenvalue weighted by atomic mass is 16.2. The lowest BCUT2D eigenvalue weighted by Gasteiger charge is -2.23. The van der Waals surface area contributed by atoms with Crippen LogP contribution in [0.3, 0.4) is 0 Å². The Hall–Kier alpha value is -2.28. The number of hydrogen-bond acceptors (Lipinski definition) is 2. The highest BCUT2D eigenvalue weighted by Crippen LogP contribution is 2.18. The average molecular weight is 270 g/mol. The SMILES string of the molecule is C#CCNC(=O)C1CCCN1C(=O)Cc1ccccc1. The highest BCUT2D eigenvalue weighted by Gasteiger charge is 2.33. The van der Waals surface area contributed by atoms with Crippen LogP contribution in [0.1, 0.15) is 18.4 Å². The van der Waals surface area contributed by atoms with Crippen molar-refractivity contribution < 1.29 is 9.59 Å². The Morgan fingerprint density at radius 3 is 2.80 bits per heavy atom. The van der Waals surface area contributed by atoms with E-state index in [0.717, 1.165) is 12.0 Å². The number of terminal acetylenes is 1. The van der Waals surface area contributed by atoms with Crippen molar-refractivity contribution in [2.45, 2.75) is 25.3 Å². The van der Waals surface area contributed by atoms with E-state index in [2.05, 4.69) is 11.2 Å². The van der Waals surface area contributed by atoms with Gasteiger partial charge >= 0.3 is 0 Å². The molecule has 1 aromatic rings. The first kappa shape index (κ1) is 14.1. The van der Waals surface area contributed by atoms with Crippen molar-refractivity contribution in [2.75, 3.05) is 13.1 Å². The first-order valence-corrected chi connectivity index (χ1v) is 6.77. The molecule has 4 nitrogen and oxygen atoms in total. The lowest BCUT2D eigenvalue weighted by Crippen LogP contribution is -2.46. The molecule has 20 heavy (non-hydrogen) atoms. The fourth-order valence-corrected chi connectivity index (χ4v) is 2.47. The van der Waals surface area contributed by atoms with Crippen LogP contribution >= 0.6 is 0 Å². The van der Waals surface area contributed by atoms with Crippen molar-refractivity contribution in [1.82, 2.24) is 10.2 Å². The maximum atomic E-state index is 12.3. The van der Waals surface area contributed by atoms with Gasteiger partial charge in [0.1, 0.15) is 6.04 Å². The van der Waals surface area contributed by atoms with E-state index in [1.165, 1.54) is 0 Å². The van der Waals surface area contributed by atoms with Crippen LogP contribution in [0, 0.1) is 12.3 Å². The lowest BCUT2D eigenvalue weighted by atomic mass is 10.1. The molecule has 0 bridgehead atoms. The normalized spacial score (nSPS) is 17.6. The molecule has 1 saturated heterocycles. The Morgan fingerprint density at radius 1 is 1.35 bits per heavy atom. The number of amides is 2.